The molecule has 0 radical (unpaired) electrons. The fraction of sp³-hybridized carbons (Fsp3) is 0.200. The van der Waals surface area contributed by atoms with Crippen molar-refractivity contribution in [3.63, 3.8) is 0 Å². The van der Waals surface area contributed by atoms with Crippen LogP contribution in [0.15, 0.2) is 32.1 Å². The first-order valence-corrected chi connectivity index (χ1v) is 7.92. The number of nitriles is 1. The third-order valence-electron chi connectivity index (χ3n) is 1.96. The van der Waals surface area contributed by atoms with Crippen molar-refractivity contribution in [2.24, 2.45) is 10.2 Å². The molecule has 0 saturated heterocycles. The normalized spacial score (nSPS) is 12.4. The van der Waals surface area contributed by atoms with E-state index in [0.717, 1.165) is 4.34 Å². The van der Waals surface area contributed by atoms with Crippen LogP contribution in [0.25, 0.3) is 0 Å². The summed E-state index contributed by atoms with van der Waals surface area (Å²) >= 11 is 3.98. The number of nitrogens with zero attached hydrogens (tertiary/aromatic N) is 5. The van der Waals surface area contributed by atoms with Gasteiger partial charge in [-0.15, -0.1) is 26.6 Å². The number of thioether (sulfide) groups is 1. The van der Waals surface area contributed by atoms with Crippen LogP contribution < -0.4 is 0 Å². The molecule has 0 saturated carbocycles. The number of azo groups is 1. The maximum atomic E-state index is 11.9. The Morgan fingerprint density at radius 1 is 1.58 bits per heavy atom. The van der Waals surface area contributed by atoms with Gasteiger partial charge in [-0.1, -0.05) is 29.2 Å². The second kappa shape index (κ2) is 6.51. The van der Waals surface area contributed by atoms with Gasteiger partial charge in [-0.05, 0) is 17.7 Å². The molecule has 96 valence electrons. The van der Waals surface area contributed by atoms with Crippen LogP contribution in [-0.4, -0.2) is 28.3 Å². The third kappa shape index (κ3) is 3.44. The predicted molar refractivity (Wildman–Crippen MR) is 74.3 cm³/mol. The van der Waals surface area contributed by atoms with Crippen LogP contribution in [0.3, 0.4) is 0 Å². The molecule has 0 spiro atoms. The first kappa shape index (κ1) is 13.8. The van der Waals surface area contributed by atoms with Gasteiger partial charge in [0.15, 0.2) is 4.34 Å². The second-order valence-electron chi connectivity index (χ2n) is 3.14. The Hall–Kier alpha value is -1.63. The van der Waals surface area contributed by atoms with Crippen LogP contribution in [0.2, 0.25) is 0 Å². The van der Waals surface area contributed by atoms with Crippen molar-refractivity contribution in [2.75, 3.05) is 6.26 Å². The van der Waals surface area contributed by atoms with E-state index < -0.39 is 6.04 Å². The highest BCUT2D eigenvalue weighted by atomic mass is 32.2. The van der Waals surface area contributed by atoms with Gasteiger partial charge in [0.05, 0.1) is 4.88 Å². The van der Waals surface area contributed by atoms with Crippen LogP contribution in [0.4, 0.5) is 5.13 Å². The van der Waals surface area contributed by atoms with E-state index in [1.165, 1.54) is 34.4 Å². The van der Waals surface area contributed by atoms with E-state index >= 15 is 0 Å². The zero-order valence-electron chi connectivity index (χ0n) is 9.68. The topological polar surface area (TPSA) is 91.4 Å². The second-order valence-corrected chi connectivity index (χ2v) is 6.10. The van der Waals surface area contributed by atoms with Gasteiger partial charge >= 0.3 is 0 Å². The molecule has 0 N–H and O–H groups in total. The lowest BCUT2D eigenvalue weighted by atomic mass is 10.2. The molecular formula is C10H7N5OS3. The number of ketones is 1. The van der Waals surface area contributed by atoms with Gasteiger partial charge in [0.25, 0.3) is 5.13 Å². The van der Waals surface area contributed by atoms with Crippen LogP contribution >= 0.6 is 34.4 Å². The van der Waals surface area contributed by atoms with Gasteiger partial charge in [0.2, 0.25) is 11.8 Å². The van der Waals surface area contributed by atoms with E-state index in [-0.39, 0.29) is 5.78 Å². The van der Waals surface area contributed by atoms with Crippen LogP contribution in [0.5, 0.6) is 0 Å². The fourth-order valence-corrected chi connectivity index (χ4v) is 2.90. The molecule has 2 heterocycles. The van der Waals surface area contributed by atoms with Crippen LogP contribution in [-0.2, 0) is 0 Å². The molecule has 1 unspecified atom stereocenters. The SMILES string of the molecule is CSc1nnc(N=NC(C#N)C(=O)c2cccs2)s1. The van der Waals surface area contributed by atoms with E-state index in [2.05, 4.69) is 20.4 Å². The summed E-state index contributed by atoms with van der Waals surface area (Å²) in [7, 11) is 0. The minimum atomic E-state index is -1.14. The van der Waals surface area contributed by atoms with Crippen molar-refractivity contribution in [3.05, 3.63) is 22.4 Å². The Balaban J connectivity index is 2.11. The lowest BCUT2D eigenvalue weighted by molar-refractivity contribution is 0.0983. The number of hydrogen-bond donors (Lipinski definition) is 0. The Morgan fingerprint density at radius 3 is 3.00 bits per heavy atom. The van der Waals surface area contributed by atoms with Gasteiger partial charge in [-0.25, -0.2) is 0 Å². The highest BCUT2D eigenvalue weighted by Gasteiger charge is 2.20. The summed E-state index contributed by atoms with van der Waals surface area (Å²) < 4.78 is 0.757. The smallest absolute Gasteiger partial charge is 0.252 e. The van der Waals surface area contributed by atoms with Crippen molar-refractivity contribution in [3.8, 4) is 6.07 Å². The lowest BCUT2D eigenvalue weighted by Crippen LogP contribution is -2.14. The maximum absolute atomic E-state index is 11.9. The highest BCUT2D eigenvalue weighted by molar-refractivity contribution is 8.00. The molecule has 0 fully saturated rings. The number of thiophene rings is 1. The first-order valence-electron chi connectivity index (χ1n) is 5.00. The van der Waals surface area contributed by atoms with Crippen molar-refractivity contribution in [2.45, 2.75) is 10.4 Å². The van der Waals surface area contributed by atoms with Crippen molar-refractivity contribution >= 4 is 45.4 Å². The quantitative estimate of drug-likeness (QED) is 0.480. The predicted octanol–water partition coefficient (Wildman–Crippen LogP) is 3.18. The fourth-order valence-electron chi connectivity index (χ4n) is 1.12. The minimum Gasteiger partial charge on any atom is -0.290 e. The highest BCUT2D eigenvalue weighted by Crippen LogP contribution is 2.26. The third-order valence-corrected chi connectivity index (χ3v) is 4.63. The van der Waals surface area contributed by atoms with Crippen LogP contribution in [0.1, 0.15) is 9.67 Å². The summed E-state index contributed by atoms with van der Waals surface area (Å²) in [4.78, 5) is 12.4. The summed E-state index contributed by atoms with van der Waals surface area (Å²) in [6.45, 7) is 0. The average Bonchev–Trinajstić information content (AvgIpc) is 3.10. The van der Waals surface area contributed by atoms with Crippen molar-refractivity contribution < 1.29 is 4.79 Å². The number of carbonyl (C=O) groups excluding carboxylic acids is 1. The standard InChI is InChI=1S/C10H7N5OS3/c1-17-10-15-14-9(19-10)13-12-6(5-11)8(16)7-3-2-4-18-7/h2-4,6H,1H3. The molecule has 0 aliphatic heterocycles. The van der Waals surface area contributed by atoms with Crippen molar-refractivity contribution in [1.82, 2.24) is 10.2 Å². The summed E-state index contributed by atoms with van der Waals surface area (Å²) in [6, 6.07) is 4.10. The number of hydrogen-bond acceptors (Lipinski definition) is 9. The van der Waals surface area contributed by atoms with Gasteiger partial charge in [0.1, 0.15) is 6.07 Å². The largest absolute Gasteiger partial charge is 0.290 e. The Kier molecular flexibility index (Phi) is 4.73. The van der Waals surface area contributed by atoms with E-state index in [4.69, 9.17) is 5.26 Å². The average molecular weight is 309 g/mol. The number of rotatable bonds is 5. The molecule has 0 bridgehead atoms. The summed E-state index contributed by atoms with van der Waals surface area (Å²) in [5.41, 5.74) is 0. The summed E-state index contributed by atoms with van der Waals surface area (Å²) in [5, 5.41) is 26.2. The van der Waals surface area contributed by atoms with E-state index in [0.29, 0.717) is 10.0 Å². The molecule has 2 rings (SSSR count). The Morgan fingerprint density at radius 2 is 2.42 bits per heavy atom. The van der Waals surface area contributed by atoms with Gasteiger partial charge < -0.3 is 0 Å². The van der Waals surface area contributed by atoms with Gasteiger partial charge in [-0.3, -0.25) is 4.79 Å². The maximum Gasteiger partial charge on any atom is 0.252 e. The minimum absolute atomic E-state index is 0.337. The molecule has 0 amide bonds. The zero-order valence-corrected chi connectivity index (χ0v) is 12.1. The molecule has 0 aromatic carbocycles. The monoisotopic (exact) mass is 309 g/mol. The summed E-state index contributed by atoms with van der Waals surface area (Å²) in [5.74, 6) is -0.351. The van der Waals surface area contributed by atoms with E-state index in [1.807, 2.05) is 12.3 Å². The zero-order chi connectivity index (χ0) is 13.7. The molecule has 9 heteroatoms. The molecule has 2 aromatic heterocycles. The van der Waals surface area contributed by atoms with Gasteiger partial charge in [-0.2, -0.15) is 10.4 Å². The number of aromatic nitrogens is 2. The Bertz CT molecular complexity index is 628. The molecule has 2 aromatic rings. The Labute approximate surface area is 121 Å². The van der Waals surface area contributed by atoms with Crippen LogP contribution in [0, 0.1) is 11.3 Å². The number of Topliss-reactive ketones (excluding diaryl/α,β-unsaturated/α-hetero) is 1. The molecular weight excluding hydrogens is 302 g/mol. The molecule has 0 aliphatic carbocycles. The van der Waals surface area contributed by atoms with Crippen molar-refractivity contribution in [1.29, 1.82) is 5.26 Å². The van der Waals surface area contributed by atoms with E-state index in [1.54, 1.807) is 17.5 Å². The molecule has 19 heavy (non-hydrogen) atoms. The molecule has 6 nitrogen and oxygen atoms in total. The molecule has 0 aliphatic rings. The summed E-state index contributed by atoms with van der Waals surface area (Å²) in [6.07, 6.45) is 1.87. The number of carbonyl (C=O) groups is 1. The van der Waals surface area contributed by atoms with E-state index in [9.17, 15) is 4.79 Å². The lowest BCUT2D eigenvalue weighted by Gasteiger charge is -1.97. The first-order chi connectivity index (χ1) is 9.24. The van der Waals surface area contributed by atoms with Gasteiger partial charge in [0, 0.05) is 0 Å². The molecule has 1 atom stereocenters.